The fourth-order valence-corrected chi connectivity index (χ4v) is 7.17. The van der Waals surface area contributed by atoms with Crippen LogP contribution in [0.4, 0.5) is 11.4 Å². The van der Waals surface area contributed by atoms with Crippen molar-refractivity contribution in [2.24, 2.45) is 0 Å². The second kappa shape index (κ2) is 9.34. The van der Waals surface area contributed by atoms with E-state index in [1.165, 1.54) is 18.2 Å². The Hall–Kier alpha value is -2.39. The van der Waals surface area contributed by atoms with Gasteiger partial charge < -0.3 is 14.7 Å². The molecule has 0 saturated carbocycles. The summed E-state index contributed by atoms with van der Waals surface area (Å²) in [5.74, 6) is -0.194. The summed E-state index contributed by atoms with van der Waals surface area (Å²) in [6.07, 6.45) is -0.626. The zero-order chi connectivity index (χ0) is 24.7. The maximum Gasteiger partial charge on any atom is 0.345 e. The Bertz CT molecular complexity index is 1390. The number of hydrogen-bond donors (Lipinski definition) is 2. The molecule has 0 aliphatic carbocycles. The van der Waals surface area contributed by atoms with Gasteiger partial charge in [-0.3, -0.25) is 13.7 Å². The highest BCUT2D eigenvalue weighted by molar-refractivity contribution is 7.93. The molecular formula is C22H19Cl2N2O6PS. The molecular weight excluding hydrogens is 522 g/mol. The van der Waals surface area contributed by atoms with E-state index in [0.717, 1.165) is 12.1 Å². The van der Waals surface area contributed by atoms with Gasteiger partial charge >= 0.3 is 7.60 Å². The van der Waals surface area contributed by atoms with E-state index in [-0.39, 0.29) is 26.5 Å². The highest BCUT2D eigenvalue weighted by atomic mass is 35.5. The van der Waals surface area contributed by atoms with E-state index in [4.69, 9.17) is 23.2 Å². The number of sulfonamides is 1. The van der Waals surface area contributed by atoms with Gasteiger partial charge in [-0.1, -0.05) is 41.4 Å². The number of fused-ring (bicyclic) bond motifs is 1. The topological polar surface area (TPSA) is 115 Å². The van der Waals surface area contributed by atoms with Crippen LogP contribution in [0.15, 0.2) is 71.6 Å². The van der Waals surface area contributed by atoms with Crippen molar-refractivity contribution in [3.8, 4) is 0 Å². The molecule has 3 aromatic rings. The number of carbonyl (C=O) groups is 1. The molecule has 8 nitrogen and oxygen atoms in total. The molecule has 0 aromatic heterocycles. The van der Waals surface area contributed by atoms with Gasteiger partial charge in [-0.25, -0.2) is 8.42 Å². The van der Waals surface area contributed by atoms with Gasteiger partial charge in [0, 0.05) is 27.8 Å². The lowest BCUT2D eigenvalue weighted by molar-refractivity contribution is 0.0989. The second-order valence-electron chi connectivity index (χ2n) is 7.65. The van der Waals surface area contributed by atoms with Crippen molar-refractivity contribution in [3.05, 3.63) is 87.9 Å². The van der Waals surface area contributed by atoms with Crippen LogP contribution in [0.5, 0.6) is 0 Å². The maximum absolute atomic E-state index is 13.4. The summed E-state index contributed by atoms with van der Waals surface area (Å²) >= 11 is 11.9. The molecule has 0 unspecified atom stereocenters. The van der Waals surface area contributed by atoms with Gasteiger partial charge in [0.25, 0.3) is 15.9 Å². The highest BCUT2D eigenvalue weighted by Gasteiger charge is 2.33. The van der Waals surface area contributed by atoms with Gasteiger partial charge in [-0.05, 0) is 60.5 Å². The number of rotatable bonds is 6. The molecule has 0 bridgehead atoms. The van der Waals surface area contributed by atoms with Crippen LogP contribution >= 0.6 is 30.8 Å². The van der Waals surface area contributed by atoms with E-state index in [0.29, 0.717) is 34.1 Å². The van der Waals surface area contributed by atoms with Crippen LogP contribution in [-0.4, -0.2) is 36.9 Å². The predicted molar refractivity (Wildman–Crippen MR) is 131 cm³/mol. The van der Waals surface area contributed by atoms with E-state index in [9.17, 15) is 27.6 Å². The summed E-state index contributed by atoms with van der Waals surface area (Å²) in [6, 6.07) is 16.9. The first-order valence-corrected chi connectivity index (χ1v) is 14.0. The van der Waals surface area contributed by atoms with Crippen LogP contribution in [0.1, 0.15) is 15.9 Å². The molecule has 1 amide bonds. The molecule has 0 atom stereocenters. The lowest BCUT2D eigenvalue weighted by atomic mass is 10.1. The normalized spacial score (nSPS) is 13.6. The predicted octanol–water partition coefficient (Wildman–Crippen LogP) is 4.53. The summed E-state index contributed by atoms with van der Waals surface area (Å²) in [7, 11) is -9.23. The molecule has 4 rings (SSSR count). The first-order valence-electron chi connectivity index (χ1n) is 9.99. The van der Waals surface area contributed by atoms with E-state index in [2.05, 4.69) is 0 Å². The van der Waals surface area contributed by atoms with Crippen LogP contribution in [-0.2, 0) is 21.0 Å². The minimum atomic E-state index is -4.80. The molecule has 2 N–H and O–H groups in total. The van der Waals surface area contributed by atoms with Gasteiger partial charge in [0.05, 0.1) is 10.6 Å². The van der Waals surface area contributed by atoms with Gasteiger partial charge in [0.1, 0.15) is 6.29 Å². The lowest BCUT2D eigenvalue weighted by Gasteiger charge is -2.26. The number of nitrogens with zero attached hydrogens (tertiary/aromatic N) is 2. The first-order chi connectivity index (χ1) is 16.0. The first kappa shape index (κ1) is 24.7. The summed E-state index contributed by atoms with van der Waals surface area (Å²) in [6.45, 7) is 0.391. The minimum Gasteiger partial charge on any atom is -0.323 e. The van der Waals surface area contributed by atoms with Crippen LogP contribution in [0, 0.1) is 0 Å². The van der Waals surface area contributed by atoms with Crippen molar-refractivity contribution in [2.75, 3.05) is 22.0 Å². The fraction of sp³-hybridized carbons (Fsp3) is 0.136. The molecule has 1 aliphatic heterocycles. The SMILES string of the molecule is O=C(c1ccccc1)N1CCc2cc(N(CP(=O)(O)O)S(=O)(=O)c3cc(Cl)cc(Cl)c3)ccc21. The Morgan fingerprint density at radius 1 is 1.00 bits per heavy atom. The quantitative estimate of drug-likeness (QED) is 0.444. The average Bonchev–Trinajstić information content (AvgIpc) is 3.19. The standard InChI is InChI=1S/C22H19Cl2N2O6PS/c23-17-11-18(24)13-20(12-17)34(31,32)26(14-33(28,29)30)19-6-7-21-16(10-19)8-9-25(21)22(27)15-4-2-1-3-5-15/h1-7,10-13H,8-9,14H2,(H2,28,29,30). The molecule has 34 heavy (non-hydrogen) atoms. The minimum absolute atomic E-state index is 0.0483. The number of anilines is 2. The second-order valence-corrected chi connectivity index (χ2v) is 12.0. The molecule has 1 heterocycles. The van der Waals surface area contributed by atoms with Crippen LogP contribution in [0.3, 0.4) is 0 Å². The summed E-state index contributed by atoms with van der Waals surface area (Å²) < 4.78 is 39.2. The van der Waals surface area contributed by atoms with Gasteiger partial charge in [-0.15, -0.1) is 0 Å². The molecule has 0 saturated heterocycles. The zero-order valence-corrected chi connectivity index (χ0v) is 20.7. The fourth-order valence-electron chi connectivity index (χ4n) is 3.76. The molecule has 12 heteroatoms. The molecule has 3 aromatic carbocycles. The van der Waals surface area contributed by atoms with Crippen molar-refractivity contribution in [3.63, 3.8) is 0 Å². The van der Waals surface area contributed by atoms with Crippen molar-refractivity contribution < 1.29 is 27.6 Å². The number of halogens is 2. The van der Waals surface area contributed by atoms with E-state index in [1.54, 1.807) is 35.2 Å². The van der Waals surface area contributed by atoms with Crippen LogP contribution in [0.2, 0.25) is 10.0 Å². The number of hydrogen-bond acceptors (Lipinski definition) is 4. The third-order valence-electron chi connectivity index (χ3n) is 5.25. The van der Waals surface area contributed by atoms with Gasteiger partial charge in [-0.2, -0.15) is 0 Å². The van der Waals surface area contributed by atoms with Crippen molar-refractivity contribution in [2.45, 2.75) is 11.3 Å². The van der Waals surface area contributed by atoms with E-state index in [1.807, 2.05) is 6.07 Å². The van der Waals surface area contributed by atoms with Crippen LogP contribution in [0.25, 0.3) is 0 Å². The monoisotopic (exact) mass is 540 g/mol. The van der Waals surface area contributed by atoms with E-state index >= 15 is 0 Å². The Labute approximate surface area is 206 Å². The number of amides is 1. The number of benzene rings is 3. The van der Waals surface area contributed by atoms with Gasteiger partial charge in [0.15, 0.2) is 0 Å². The third kappa shape index (κ3) is 5.15. The van der Waals surface area contributed by atoms with Crippen molar-refractivity contribution in [1.82, 2.24) is 0 Å². The van der Waals surface area contributed by atoms with E-state index < -0.39 is 23.9 Å². The Kier molecular flexibility index (Phi) is 6.79. The molecule has 0 radical (unpaired) electrons. The maximum atomic E-state index is 13.4. The lowest BCUT2D eigenvalue weighted by Crippen LogP contribution is -2.32. The highest BCUT2D eigenvalue weighted by Crippen LogP contribution is 2.41. The molecule has 1 aliphatic rings. The van der Waals surface area contributed by atoms with Crippen molar-refractivity contribution >= 4 is 58.1 Å². The summed E-state index contributed by atoms with van der Waals surface area (Å²) in [5.41, 5.74) is 1.85. The van der Waals surface area contributed by atoms with Crippen molar-refractivity contribution in [1.29, 1.82) is 0 Å². The average molecular weight is 541 g/mol. The molecule has 178 valence electrons. The Balaban J connectivity index is 1.74. The third-order valence-corrected chi connectivity index (χ3v) is 8.28. The zero-order valence-electron chi connectivity index (χ0n) is 17.5. The summed E-state index contributed by atoms with van der Waals surface area (Å²) in [5, 5.41) is 0.123. The molecule has 0 spiro atoms. The van der Waals surface area contributed by atoms with Gasteiger partial charge in [0.2, 0.25) is 0 Å². The Morgan fingerprint density at radius 3 is 2.26 bits per heavy atom. The molecule has 0 fully saturated rings. The largest absolute Gasteiger partial charge is 0.345 e. The summed E-state index contributed by atoms with van der Waals surface area (Å²) in [4.78, 5) is 33.4. The Morgan fingerprint density at radius 2 is 1.65 bits per heavy atom. The smallest absolute Gasteiger partial charge is 0.323 e. The van der Waals surface area contributed by atoms with Crippen LogP contribution < -0.4 is 9.21 Å². The number of carbonyl (C=O) groups excluding carboxylic acids is 1.